The molecule has 0 aliphatic rings. The number of carbonyl (C=O) groups is 1. The lowest BCUT2D eigenvalue weighted by Gasteiger charge is -2.10. The van der Waals surface area contributed by atoms with Crippen molar-refractivity contribution in [1.29, 1.82) is 0 Å². The van der Waals surface area contributed by atoms with E-state index in [9.17, 15) is 14.3 Å². The number of thiazole rings is 1. The number of rotatable bonds is 5. The summed E-state index contributed by atoms with van der Waals surface area (Å²) in [6, 6.07) is 8.90. The van der Waals surface area contributed by atoms with Gasteiger partial charge in [0.05, 0.1) is 27.5 Å². The van der Waals surface area contributed by atoms with Crippen LogP contribution in [-0.2, 0) is 0 Å². The topological polar surface area (TPSA) is 108 Å². The van der Waals surface area contributed by atoms with Crippen LogP contribution in [0.25, 0.3) is 21.5 Å². The number of amides is 1. The summed E-state index contributed by atoms with van der Waals surface area (Å²) in [6.45, 7) is -0.438. The molecule has 0 aliphatic carbocycles. The predicted octanol–water partition coefficient (Wildman–Crippen LogP) is 3.82. The lowest BCUT2D eigenvalue weighted by Crippen LogP contribution is -2.13. The molecule has 0 aliphatic heterocycles. The SMILES string of the molecule is O=C(Nc1nc2ccc(F)cc2s1)c1ccc(-c2ncc([C@H](O)CO)cc2Cl)cn1. The van der Waals surface area contributed by atoms with E-state index < -0.39 is 18.6 Å². The third-order valence-electron chi connectivity index (χ3n) is 4.26. The molecule has 30 heavy (non-hydrogen) atoms. The Hall–Kier alpha value is -2.98. The number of fused-ring (bicyclic) bond motifs is 1. The molecule has 4 rings (SSSR count). The number of halogens is 2. The second-order valence-electron chi connectivity index (χ2n) is 6.31. The van der Waals surface area contributed by atoms with Gasteiger partial charge in [0.15, 0.2) is 5.13 Å². The number of aliphatic hydroxyl groups excluding tert-OH is 2. The molecule has 0 spiro atoms. The highest BCUT2D eigenvalue weighted by molar-refractivity contribution is 7.22. The Balaban J connectivity index is 1.52. The molecular weight excluding hydrogens is 431 g/mol. The summed E-state index contributed by atoms with van der Waals surface area (Å²) in [5.74, 6) is -0.825. The van der Waals surface area contributed by atoms with Gasteiger partial charge in [-0.3, -0.25) is 20.1 Å². The van der Waals surface area contributed by atoms with Crippen LogP contribution in [0.1, 0.15) is 22.2 Å². The minimum absolute atomic E-state index is 0.160. The van der Waals surface area contributed by atoms with E-state index in [2.05, 4.69) is 20.3 Å². The van der Waals surface area contributed by atoms with Crippen LogP contribution >= 0.6 is 22.9 Å². The van der Waals surface area contributed by atoms with E-state index in [1.807, 2.05) is 0 Å². The smallest absolute Gasteiger partial charge is 0.276 e. The molecule has 0 bridgehead atoms. The molecular formula is C20H14ClFN4O3S. The van der Waals surface area contributed by atoms with Gasteiger partial charge < -0.3 is 10.2 Å². The van der Waals surface area contributed by atoms with Gasteiger partial charge in [-0.2, -0.15) is 0 Å². The van der Waals surface area contributed by atoms with Crippen molar-refractivity contribution in [2.24, 2.45) is 0 Å². The summed E-state index contributed by atoms with van der Waals surface area (Å²) in [4.78, 5) is 25.1. The van der Waals surface area contributed by atoms with E-state index in [1.54, 1.807) is 12.1 Å². The van der Waals surface area contributed by atoms with E-state index in [4.69, 9.17) is 16.7 Å². The summed E-state index contributed by atoms with van der Waals surface area (Å²) < 4.78 is 13.9. The van der Waals surface area contributed by atoms with Crippen LogP contribution in [0.2, 0.25) is 5.02 Å². The molecule has 3 N–H and O–H groups in total. The van der Waals surface area contributed by atoms with Crippen molar-refractivity contribution in [2.45, 2.75) is 6.10 Å². The molecule has 0 saturated heterocycles. The summed E-state index contributed by atoms with van der Waals surface area (Å²) >= 11 is 7.39. The standard InChI is InChI=1S/C20H14ClFN4O3S/c21-13-5-11(16(28)9-27)8-24-18(13)10-1-3-15(23-7-10)19(29)26-20-25-14-4-2-12(22)6-17(14)30-20/h1-8,16,27-28H,9H2,(H,25,26,29)/t16-/m1/s1. The summed E-state index contributed by atoms with van der Waals surface area (Å²) in [5, 5.41) is 22.0. The minimum atomic E-state index is -1.06. The fourth-order valence-electron chi connectivity index (χ4n) is 2.73. The van der Waals surface area contributed by atoms with Crippen molar-refractivity contribution >= 4 is 44.2 Å². The van der Waals surface area contributed by atoms with Gasteiger partial charge in [-0.15, -0.1) is 0 Å². The fourth-order valence-corrected chi connectivity index (χ4v) is 3.90. The van der Waals surface area contributed by atoms with Crippen LogP contribution in [0.15, 0.2) is 48.8 Å². The molecule has 3 heterocycles. The molecule has 10 heteroatoms. The third kappa shape index (κ3) is 4.14. The summed E-state index contributed by atoms with van der Waals surface area (Å²) in [6.07, 6.45) is 1.81. The van der Waals surface area contributed by atoms with Gasteiger partial charge in [-0.25, -0.2) is 9.37 Å². The van der Waals surface area contributed by atoms with Gasteiger partial charge in [0.2, 0.25) is 0 Å². The first kappa shape index (κ1) is 20.3. The number of aliphatic hydroxyl groups is 2. The Bertz CT molecular complexity index is 1230. The number of hydrogen-bond acceptors (Lipinski definition) is 7. The summed E-state index contributed by atoms with van der Waals surface area (Å²) in [5.41, 5.74) is 2.16. The molecule has 7 nitrogen and oxygen atoms in total. The van der Waals surface area contributed by atoms with E-state index in [0.717, 1.165) is 0 Å². The second kappa shape index (κ2) is 8.41. The van der Waals surface area contributed by atoms with Crippen molar-refractivity contribution < 1.29 is 19.4 Å². The number of benzene rings is 1. The molecule has 0 unspecified atom stereocenters. The highest BCUT2D eigenvalue weighted by Crippen LogP contribution is 2.29. The average Bonchev–Trinajstić information content (AvgIpc) is 3.14. The molecule has 1 aromatic carbocycles. The molecule has 4 aromatic rings. The van der Waals surface area contributed by atoms with E-state index in [-0.39, 0.29) is 16.5 Å². The fraction of sp³-hybridized carbons (Fsp3) is 0.100. The number of nitrogens with zero attached hydrogens (tertiary/aromatic N) is 3. The van der Waals surface area contributed by atoms with Crippen molar-refractivity contribution in [1.82, 2.24) is 15.0 Å². The molecule has 0 fully saturated rings. The molecule has 0 saturated carbocycles. The number of carbonyl (C=O) groups excluding carboxylic acids is 1. The first-order valence-corrected chi connectivity index (χ1v) is 9.92. The van der Waals surface area contributed by atoms with Crippen LogP contribution in [-0.4, -0.2) is 37.7 Å². The Morgan fingerprint density at radius 1 is 1.20 bits per heavy atom. The van der Waals surface area contributed by atoms with Gasteiger partial charge in [0, 0.05) is 23.5 Å². The molecule has 152 valence electrons. The predicted molar refractivity (Wildman–Crippen MR) is 112 cm³/mol. The van der Waals surface area contributed by atoms with Crippen LogP contribution in [0, 0.1) is 5.82 Å². The molecule has 3 aromatic heterocycles. The third-order valence-corrected chi connectivity index (χ3v) is 5.48. The largest absolute Gasteiger partial charge is 0.393 e. The number of hydrogen-bond donors (Lipinski definition) is 3. The quantitative estimate of drug-likeness (QED) is 0.432. The highest BCUT2D eigenvalue weighted by Gasteiger charge is 2.14. The van der Waals surface area contributed by atoms with Gasteiger partial charge in [0.25, 0.3) is 5.91 Å². The molecule has 0 radical (unpaired) electrons. The van der Waals surface area contributed by atoms with E-state index in [1.165, 1.54) is 48.0 Å². The van der Waals surface area contributed by atoms with E-state index in [0.29, 0.717) is 32.2 Å². The molecule has 1 amide bonds. The lowest BCUT2D eigenvalue weighted by atomic mass is 10.1. The zero-order chi connectivity index (χ0) is 21.3. The zero-order valence-electron chi connectivity index (χ0n) is 15.2. The van der Waals surface area contributed by atoms with Crippen molar-refractivity contribution in [3.8, 4) is 11.3 Å². The second-order valence-corrected chi connectivity index (χ2v) is 7.75. The minimum Gasteiger partial charge on any atom is -0.393 e. The Morgan fingerprint density at radius 3 is 2.73 bits per heavy atom. The first-order valence-electron chi connectivity index (χ1n) is 8.73. The van der Waals surface area contributed by atoms with Crippen LogP contribution in [0.3, 0.4) is 0 Å². The normalized spacial score (nSPS) is 12.1. The number of pyridine rings is 2. The number of aromatic nitrogens is 3. The Morgan fingerprint density at radius 2 is 2.03 bits per heavy atom. The van der Waals surface area contributed by atoms with Crippen molar-refractivity contribution in [2.75, 3.05) is 11.9 Å². The van der Waals surface area contributed by atoms with Crippen molar-refractivity contribution in [3.05, 3.63) is 70.9 Å². The van der Waals surface area contributed by atoms with Crippen LogP contribution in [0.5, 0.6) is 0 Å². The summed E-state index contributed by atoms with van der Waals surface area (Å²) in [7, 11) is 0. The zero-order valence-corrected chi connectivity index (χ0v) is 16.8. The lowest BCUT2D eigenvalue weighted by molar-refractivity contribution is 0.0953. The van der Waals surface area contributed by atoms with Gasteiger partial charge >= 0.3 is 0 Å². The highest BCUT2D eigenvalue weighted by atomic mass is 35.5. The number of anilines is 1. The monoisotopic (exact) mass is 444 g/mol. The maximum absolute atomic E-state index is 13.3. The Kier molecular flexibility index (Phi) is 5.69. The van der Waals surface area contributed by atoms with Gasteiger partial charge in [-0.1, -0.05) is 22.9 Å². The maximum atomic E-state index is 13.3. The average molecular weight is 445 g/mol. The Labute approximate surface area is 178 Å². The van der Waals surface area contributed by atoms with Crippen molar-refractivity contribution in [3.63, 3.8) is 0 Å². The van der Waals surface area contributed by atoms with Crippen LogP contribution < -0.4 is 5.32 Å². The number of nitrogens with one attached hydrogen (secondary N) is 1. The van der Waals surface area contributed by atoms with Gasteiger partial charge in [0.1, 0.15) is 17.6 Å². The molecule has 1 atom stereocenters. The maximum Gasteiger partial charge on any atom is 0.276 e. The van der Waals surface area contributed by atoms with E-state index >= 15 is 0 Å². The van der Waals surface area contributed by atoms with Gasteiger partial charge in [-0.05, 0) is 36.4 Å². The van der Waals surface area contributed by atoms with Crippen LogP contribution in [0.4, 0.5) is 9.52 Å². The first-order chi connectivity index (χ1) is 14.4.